The van der Waals surface area contributed by atoms with Crippen molar-refractivity contribution in [2.24, 2.45) is 10.9 Å². The number of nitrogens with one attached hydrogen (secondary N) is 1. The zero-order valence-corrected chi connectivity index (χ0v) is 21.5. The summed E-state index contributed by atoms with van der Waals surface area (Å²) in [5, 5.41) is 14.6. The van der Waals surface area contributed by atoms with Gasteiger partial charge in [0.05, 0.1) is 0 Å². The Morgan fingerprint density at radius 1 is 1.11 bits per heavy atom. The molecule has 0 spiro atoms. The average Bonchev–Trinajstić information content (AvgIpc) is 2.94. The van der Waals surface area contributed by atoms with Gasteiger partial charge in [-0.25, -0.2) is 4.39 Å². The number of carbonyl (C=O) groups is 1. The minimum absolute atomic E-state index is 0.0811. The van der Waals surface area contributed by atoms with Crippen molar-refractivity contribution in [2.75, 3.05) is 38.5 Å². The quantitative estimate of drug-likeness (QED) is 0.153. The van der Waals surface area contributed by atoms with Gasteiger partial charge in [-0.3, -0.25) is 14.7 Å². The number of amides is 1. The van der Waals surface area contributed by atoms with E-state index in [9.17, 15) is 9.18 Å². The summed E-state index contributed by atoms with van der Waals surface area (Å²) in [7, 11) is 2.11. The number of amidine groups is 1. The predicted molar refractivity (Wildman–Crippen MR) is 146 cm³/mol. The number of rotatable bonds is 6. The second-order valence-corrected chi connectivity index (χ2v) is 9.35. The lowest BCUT2D eigenvalue weighted by Crippen LogP contribution is -2.44. The molecule has 38 heavy (non-hydrogen) atoms. The summed E-state index contributed by atoms with van der Waals surface area (Å²) < 4.78 is 13.9. The third kappa shape index (κ3) is 6.73. The van der Waals surface area contributed by atoms with E-state index >= 15 is 0 Å². The van der Waals surface area contributed by atoms with Crippen LogP contribution >= 0.6 is 0 Å². The third-order valence-corrected chi connectivity index (χ3v) is 6.57. The smallest absolute Gasteiger partial charge is 0.255 e. The molecule has 1 saturated heterocycles. The lowest BCUT2D eigenvalue weighted by atomic mass is 10.0. The summed E-state index contributed by atoms with van der Waals surface area (Å²) in [5.74, 6) is 5.73. The Morgan fingerprint density at radius 2 is 1.89 bits per heavy atom. The van der Waals surface area contributed by atoms with E-state index in [1.807, 2.05) is 25.1 Å². The van der Waals surface area contributed by atoms with Crippen LogP contribution in [0.3, 0.4) is 0 Å². The van der Waals surface area contributed by atoms with Crippen molar-refractivity contribution in [3.63, 3.8) is 0 Å². The molecule has 0 saturated carbocycles. The number of halogens is 1. The van der Waals surface area contributed by atoms with Crippen LogP contribution in [0.1, 0.15) is 43.9 Å². The van der Waals surface area contributed by atoms with E-state index < -0.39 is 6.67 Å². The summed E-state index contributed by atoms with van der Waals surface area (Å²) >= 11 is 0. The highest BCUT2D eigenvalue weighted by Gasteiger charge is 2.16. The van der Waals surface area contributed by atoms with Crippen LogP contribution in [0, 0.1) is 18.8 Å². The molecule has 1 aromatic heterocycles. The van der Waals surface area contributed by atoms with Crippen molar-refractivity contribution >= 4 is 17.4 Å². The average molecular weight is 515 g/mol. The number of carbonyl (C=O) groups excluding carboxylic acids is 1. The molecule has 0 unspecified atom stereocenters. The zero-order chi connectivity index (χ0) is 27.1. The van der Waals surface area contributed by atoms with Gasteiger partial charge in [0, 0.05) is 61.3 Å². The number of hydrogen-bond donors (Lipinski definition) is 3. The number of anilines is 1. The van der Waals surface area contributed by atoms with Crippen LogP contribution in [0.15, 0.2) is 59.9 Å². The van der Waals surface area contributed by atoms with E-state index in [-0.39, 0.29) is 11.7 Å². The molecule has 1 amide bonds. The first-order valence-corrected chi connectivity index (χ1v) is 12.3. The van der Waals surface area contributed by atoms with Crippen LogP contribution in [0.5, 0.6) is 0 Å². The molecule has 196 valence electrons. The van der Waals surface area contributed by atoms with Crippen molar-refractivity contribution in [2.45, 2.75) is 20.1 Å². The molecular weight excluding hydrogens is 483 g/mol. The predicted octanol–water partition coefficient (Wildman–Crippen LogP) is 3.35. The van der Waals surface area contributed by atoms with Gasteiger partial charge in [0.15, 0.2) is 5.84 Å². The summed E-state index contributed by atoms with van der Waals surface area (Å²) in [6.45, 7) is 5.93. The molecule has 0 atom stereocenters. The van der Waals surface area contributed by atoms with Crippen LogP contribution in [-0.2, 0) is 13.2 Å². The van der Waals surface area contributed by atoms with E-state index in [0.717, 1.165) is 37.3 Å². The van der Waals surface area contributed by atoms with E-state index in [2.05, 4.69) is 44.1 Å². The maximum Gasteiger partial charge on any atom is 0.255 e. The van der Waals surface area contributed by atoms with Gasteiger partial charge in [-0.2, -0.15) is 0 Å². The second kappa shape index (κ2) is 12.3. The van der Waals surface area contributed by atoms with E-state index in [1.54, 1.807) is 30.3 Å². The van der Waals surface area contributed by atoms with Crippen LogP contribution in [-0.4, -0.2) is 65.0 Å². The first kappa shape index (κ1) is 26.8. The molecule has 9 heteroatoms. The van der Waals surface area contributed by atoms with Gasteiger partial charge in [0.2, 0.25) is 0 Å². The van der Waals surface area contributed by atoms with Gasteiger partial charge >= 0.3 is 0 Å². The summed E-state index contributed by atoms with van der Waals surface area (Å²) in [5.41, 5.74) is 10.7. The van der Waals surface area contributed by atoms with Crippen molar-refractivity contribution < 1.29 is 14.4 Å². The fourth-order valence-corrected chi connectivity index (χ4v) is 4.14. The third-order valence-electron chi connectivity index (χ3n) is 6.57. The minimum Gasteiger partial charge on any atom is -0.409 e. The Balaban J connectivity index is 1.46. The number of nitrogens with two attached hydrogens (primary N) is 1. The van der Waals surface area contributed by atoms with Crippen LogP contribution in [0.25, 0.3) is 0 Å². The first-order chi connectivity index (χ1) is 18.4. The Morgan fingerprint density at radius 3 is 2.58 bits per heavy atom. The number of hydrogen-bond acceptors (Lipinski definition) is 6. The molecular formula is C29H31FN6O2. The Hall–Kier alpha value is -4.26. The monoisotopic (exact) mass is 514 g/mol. The Kier molecular flexibility index (Phi) is 8.69. The number of aryl methyl sites for hydroxylation is 1. The first-order valence-electron chi connectivity index (χ1n) is 12.3. The fraction of sp³-hybridized carbons (Fsp3) is 0.276. The van der Waals surface area contributed by atoms with Crippen molar-refractivity contribution in [1.82, 2.24) is 14.8 Å². The van der Waals surface area contributed by atoms with Gasteiger partial charge in [-0.1, -0.05) is 29.1 Å². The molecule has 3 aromatic rings. The Labute approximate surface area is 222 Å². The molecule has 0 aliphatic carbocycles. The van der Waals surface area contributed by atoms with Gasteiger partial charge in [-0.05, 0) is 67.1 Å². The van der Waals surface area contributed by atoms with E-state index in [4.69, 9.17) is 10.9 Å². The van der Waals surface area contributed by atoms with Gasteiger partial charge in [-0.15, -0.1) is 0 Å². The lowest BCUT2D eigenvalue weighted by molar-refractivity contribution is 0.102. The van der Waals surface area contributed by atoms with Crippen molar-refractivity contribution in [1.29, 1.82) is 0 Å². The molecule has 2 heterocycles. The zero-order valence-electron chi connectivity index (χ0n) is 21.5. The van der Waals surface area contributed by atoms with Crippen LogP contribution in [0.4, 0.5) is 10.1 Å². The summed E-state index contributed by atoms with van der Waals surface area (Å²) in [6, 6.07) is 14.1. The number of pyridine rings is 1. The molecule has 1 aliphatic rings. The number of oxime groups is 1. The van der Waals surface area contributed by atoms with Gasteiger partial charge in [0.1, 0.15) is 12.4 Å². The normalized spacial score (nSPS) is 14.6. The molecule has 4 N–H and O–H groups in total. The molecule has 0 bridgehead atoms. The van der Waals surface area contributed by atoms with Crippen LogP contribution in [0.2, 0.25) is 0 Å². The highest BCUT2D eigenvalue weighted by molar-refractivity contribution is 6.04. The van der Waals surface area contributed by atoms with Gasteiger partial charge in [0.25, 0.3) is 5.91 Å². The summed E-state index contributed by atoms with van der Waals surface area (Å²) in [4.78, 5) is 21.7. The second-order valence-electron chi connectivity index (χ2n) is 9.35. The molecule has 1 fully saturated rings. The standard InChI is InChI=1S/C29H31FN6O2/c1-20-3-6-23(15-22(20)7-4-21-5-10-27(32-18-21)28(31)34-38)29(37)33-26-9-8-24(25(16-26)17-30)19-36-13-11-35(2)12-14-36/h3,5-6,8-10,15-16,18,38H,11-14,17,19H2,1-2H3,(H2,31,34)(H,33,37). The highest BCUT2D eigenvalue weighted by atomic mass is 19.1. The molecule has 8 nitrogen and oxygen atoms in total. The van der Waals surface area contributed by atoms with Crippen molar-refractivity contribution in [3.05, 3.63) is 93.8 Å². The maximum absolute atomic E-state index is 13.9. The minimum atomic E-state index is -0.591. The Bertz CT molecular complexity index is 1390. The van der Waals surface area contributed by atoms with Crippen molar-refractivity contribution in [3.8, 4) is 11.8 Å². The van der Waals surface area contributed by atoms with Gasteiger partial charge < -0.3 is 21.2 Å². The molecule has 1 aliphatic heterocycles. The fourth-order valence-electron chi connectivity index (χ4n) is 4.14. The number of piperazine rings is 1. The number of benzene rings is 2. The lowest BCUT2D eigenvalue weighted by Gasteiger charge is -2.32. The number of likely N-dealkylation sites (N-methyl/N-ethyl adjacent to an activating group) is 1. The van der Waals surface area contributed by atoms with Crippen LogP contribution < -0.4 is 11.1 Å². The SMILES string of the molecule is Cc1ccc(C(=O)Nc2ccc(CN3CCN(C)CC3)c(CF)c2)cc1C#Cc1ccc(C(N)=NO)nc1. The number of nitrogens with zero attached hydrogens (tertiary/aromatic N) is 4. The molecule has 4 rings (SSSR count). The van der Waals surface area contributed by atoms with E-state index in [0.29, 0.717) is 40.2 Å². The largest absolute Gasteiger partial charge is 0.409 e. The number of alkyl halides is 1. The molecule has 2 aromatic carbocycles. The summed E-state index contributed by atoms with van der Waals surface area (Å²) in [6.07, 6.45) is 1.53. The number of aromatic nitrogens is 1. The topological polar surface area (TPSA) is 107 Å². The highest BCUT2D eigenvalue weighted by Crippen LogP contribution is 2.21. The maximum atomic E-state index is 13.9. The molecule has 0 radical (unpaired) electrons. The van der Waals surface area contributed by atoms with E-state index in [1.165, 1.54) is 6.20 Å².